The molecule has 1 aromatic rings. The fraction of sp³-hybridized carbons (Fsp3) is 0.250. The molecular formula is C8H9NO4. The van der Waals surface area contributed by atoms with E-state index in [2.05, 4.69) is 4.74 Å². The number of hydrogen-bond acceptors (Lipinski definition) is 3. The van der Waals surface area contributed by atoms with Gasteiger partial charge in [-0.05, 0) is 19.1 Å². The number of ether oxygens (including phenoxy) is 1. The lowest BCUT2D eigenvalue weighted by atomic mass is 10.4. The molecule has 1 heterocycles. The van der Waals surface area contributed by atoms with Crippen LogP contribution in [0.15, 0.2) is 12.1 Å². The topological polar surface area (TPSA) is 68.5 Å². The molecule has 0 bridgehead atoms. The predicted molar refractivity (Wildman–Crippen MR) is 43.9 cm³/mol. The molecule has 70 valence electrons. The second-order valence-electron chi connectivity index (χ2n) is 2.47. The number of carbonyl (C=O) groups is 2. The molecule has 13 heavy (non-hydrogen) atoms. The summed E-state index contributed by atoms with van der Waals surface area (Å²) in [7, 11) is 1.21. The van der Waals surface area contributed by atoms with Crippen molar-refractivity contribution in [3.8, 4) is 0 Å². The van der Waals surface area contributed by atoms with E-state index < -0.39 is 12.1 Å². The summed E-state index contributed by atoms with van der Waals surface area (Å²) >= 11 is 0. The van der Waals surface area contributed by atoms with Crippen LogP contribution in [0.5, 0.6) is 0 Å². The summed E-state index contributed by atoms with van der Waals surface area (Å²) in [6.45, 7) is 1.60. The fourth-order valence-electron chi connectivity index (χ4n) is 1.06. The summed E-state index contributed by atoms with van der Waals surface area (Å²) in [5.41, 5.74) is 0.500. The Bertz CT molecular complexity index is 353. The van der Waals surface area contributed by atoms with Crippen molar-refractivity contribution in [2.45, 2.75) is 6.92 Å². The maximum absolute atomic E-state index is 11.0. The van der Waals surface area contributed by atoms with Crippen LogP contribution in [0.3, 0.4) is 0 Å². The van der Waals surface area contributed by atoms with E-state index in [-0.39, 0.29) is 5.69 Å². The van der Waals surface area contributed by atoms with Crippen LogP contribution in [0, 0.1) is 6.92 Å². The van der Waals surface area contributed by atoms with E-state index >= 15 is 0 Å². The van der Waals surface area contributed by atoms with Crippen molar-refractivity contribution in [1.82, 2.24) is 4.57 Å². The Balaban J connectivity index is 3.22. The largest absolute Gasteiger partial charge is 0.464 e. The Hall–Kier alpha value is -1.78. The van der Waals surface area contributed by atoms with Crippen LogP contribution in [0.25, 0.3) is 0 Å². The number of carboxylic acid groups (broad SMARTS) is 1. The molecule has 0 amide bonds. The summed E-state index contributed by atoms with van der Waals surface area (Å²) in [5.74, 6) is -0.657. The van der Waals surface area contributed by atoms with Gasteiger partial charge < -0.3 is 9.84 Å². The Labute approximate surface area is 74.5 Å². The minimum Gasteiger partial charge on any atom is -0.464 e. The van der Waals surface area contributed by atoms with Gasteiger partial charge in [-0.1, -0.05) is 0 Å². The molecule has 0 radical (unpaired) electrons. The highest BCUT2D eigenvalue weighted by atomic mass is 16.5. The number of esters is 1. The quantitative estimate of drug-likeness (QED) is 0.662. The molecule has 0 fully saturated rings. The Morgan fingerprint density at radius 1 is 1.46 bits per heavy atom. The zero-order valence-electron chi connectivity index (χ0n) is 7.27. The number of aromatic nitrogens is 1. The van der Waals surface area contributed by atoms with E-state index in [0.717, 1.165) is 4.57 Å². The van der Waals surface area contributed by atoms with Gasteiger partial charge in [0, 0.05) is 5.69 Å². The zero-order chi connectivity index (χ0) is 10.0. The van der Waals surface area contributed by atoms with Crippen molar-refractivity contribution in [1.29, 1.82) is 0 Å². The van der Waals surface area contributed by atoms with Gasteiger partial charge in [0.2, 0.25) is 0 Å². The molecule has 0 atom stereocenters. The zero-order valence-corrected chi connectivity index (χ0v) is 7.27. The molecule has 5 heteroatoms. The first-order chi connectivity index (χ1) is 6.07. The molecule has 0 saturated carbocycles. The molecule has 1 N–H and O–H groups in total. The molecule has 5 nitrogen and oxygen atoms in total. The number of hydrogen-bond donors (Lipinski definition) is 1. The second-order valence-corrected chi connectivity index (χ2v) is 2.47. The van der Waals surface area contributed by atoms with Crippen LogP contribution in [0.1, 0.15) is 16.2 Å². The highest BCUT2D eigenvalue weighted by Crippen LogP contribution is 2.08. The smallest absolute Gasteiger partial charge is 0.416 e. The molecular weight excluding hydrogens is 174 g/mol. The molecule has 0 aliphatic carbocycles. The SMILES string of the molecule is COC(=O)c1ccc(C)n1C(=O)O. The van der Waals surface area contributed by atoms with E-state index in [1.165, 1.54) is 13.2 Å². The Kier molecular flexibility index (Phi) is 2.36. The minimum absolute atomic E-state index is 0.0208. The summed E-state index contributed by atoms with van der Waals surface area (Å²) in [6, 6.07) is 2.95. The number of rotatable bonds is 1. The number of methoxy groups -OCH3 is 1. The average Bonchev–Trinajstić information content (AvgIpc) is 2.45. The van der Waals surface area contributed by atoms with E-state index in [9.17, 15) is 9.59 Å². The lowest BCUT2D eigenvalue weighted by Crippen LogP contribution is -2.17. The van der Waals surface area contributed by atoms with Crippen LogP contribution >= 0.6 is 0 Å². The van der Waals surface area contributed by atoms with Crippen molar-refractivity contribution in [2.75, 3.05) is 7.11 Å². The van der Waals surface area contributed by atoms with Crippen molar-refractivity contribution < 1.29 is 19.4 Å². The molecule has 0 spiro atoms. The molecule has 0 aromatic carbocycles. The lowest BCUT2D eigenvalue weighted by Gasteiger charge is -2.03. The van der Waals surface area contributed by atoms with Crippen molar-refractivity contribution in [3.05, 3.63) is 23.5 Å². The van der Waals surface area contributed by atoms with Crippen molar-refractivity contribution >= 4 is 12.1 Å². The maximum Gasteiger partial charge on any atom is 0.416 e. The molecule has 0 saturated heterocycles. The van der Waals surface area contributed by atoms with Crippen LogP contribution in [0.4, 0.5) is 4.79 Å². The first-order valence-electron chi connectivity index (χ1n) is 3.58. The van der Waals surface area contributed by atoms with Gasteiger partial charge in [0.15, 0.2) is 0 Å². The number of aryl methyl sites for hydroxylation is 1. The Morgan fingerprint density at radius 2 is 2.08 bits per heavy atom. The first-order valence-corrected chi connectivity index (χ1v) is 3.58. The summed E-state index contributed by atoms with van der Waals surface area (Å²) < 4.78 is 5.30. The third-order valence-electron chi connectivity index (χ3n) is 1.66. The van der Waals surface area contributed by atoms with Gasteiger partial charge in [-0.25, -0.2) is 14.2 Å². The van der Waals surface area contributed by atoms with Gasteiger partial charge >= 0.3 is 12.1 Å². The highest BCUT2D eigenvalue weighted by molar-refractivity contribution is 5.92. The van der Waals surface area contributed by atoms with E-state index in [1.54, 1.807) is 13.0 Å². The summed E-state index contributed by atoms with van der Waals surface area (Å²) in [6.07, 6.45) is -1.19. The number of nitrogens with zero attached hydrogens (tertiary/aromatic N) is 1. The summed E-state index contributed by atoms with van der Waals surface area (Å²) in [4.78, 5) is 21.7. The van der Waals surface area contributed by atoms with E-state index in [0.29, 0.717) is 5.69 Å². The van der Waals surface area contributed by atoms with Gasteiger partial charge in [0.1, 0.15) is 5.69 Å². The van der Waals surface area contributed by atoms with Gasteiger partial charge in [0.25, 0.3) is 0 Å². The monoisotopic (exact) mass is 183 g/mol. The van der Waals surface area contributed by atoms with Crippen molar-refractivity contribution in [2.24, 2.45) is 0 Å². The average molecular weight is 183 g/mol. The van der Waals surface area contributed by atoms with Gasteiger partial charge in [-0.15, -0.1) is 0 Å². The van der Waals surface area contributed by atoms with E-state index in [1.807, 2.05) is 0 Å². The van der Waals surface area contributed by atoms with Gasteiger partial charge in [0.05, 0.1) is 7.11 Å². The Morgan fingerprint density at radius 3 is 2.54 bits per heavy atom. The normalized spacial score (nSPS) is 9.69. The van der Waals surface area contributed by atoms with Crippen LogP contribution in [0.2, 0.25) is 0 Å². The third kappa shape index (κ3) is 1.53. The van der Waals surface area contributed by atoms with Gasteiger partial charge in [-0.3, -0.25) is 0 Å². The van der Waals surface area contributed by atoms with Crippen LogP contribution < -0.4 is 0 Å². The van der Waals surface area contributed by atoms with Gasteiger partial charge in [-0.2, -0.15) is 0 Å². The molecule has 0 aliphatic rings. The standard InChI is InChI=1S/C8H9NO4/c1-5-3-4-6(7(10)13-2)9(5)8(11)12/h3-4H,1-2H3,(H,11,12). The predicted octanol–water partition coefficient (Wildman–Crippen LogP) is 1.11. The highest BCUT2D eigenvalue weighted by Gasteiger charge is 2.17. The first kappa shape index (κ1) is 9.31. The van der Waals surface area contributed by atoms with E-state index in [4.69, 9.17) is 5.11 Å². The summed E-state index contributed by atoms with van der Waals surface area (Å²) in [5, 5.41) is 8.73. The third-order valence-corrected chi connectivity index (χ3v) is 1.66. The van der Waals surface area contributed by atoms with Crippen LogP contribution in [-0.4, -0.2) is 28.8 Å². The molecule has 0 aliphatic heterocycles. The van der Waals surface area contributed by atoms with Crippen LogP contribution in [-0.2, 0) is 4.74 Å². The lowest BCUT2D eigenvalue weighted by molar-refractivity contribution is 0.0587. The molecule has 1 rings (SSSR count). The number of carbonyl (C=O) groups excluding carboxylic acids is 1. The minimum atomic E-state index is -1.19. The second kappa shape index (κ2) is 3.30. The van der Waals surface area contributed by atoms with Crippen molar-refractivity contribution in [3.63, 3.8) is 0 Å². The maximum atomic E-state index is 11.0. The molecule has 1 aromatic heterocycles. The fourth-order valence-corrected chi connectivity index (χ4v) is 1.06. The molecule has 0 unspecified atom stereocenters.